The van der Waals surface area contributed by atoms with E-state index in [1.54, 1.807) is 0 Å². The van der Waals surface area contributed by atoms with Gasteiger partial charge in [0.25, 0.3) is 6.43 Å². The van der Waals surface area contributed by atoms with Crippen molar-refractivity contribution in [2.24, 2.45) is 0 Å². The van der Waals surface area contributed by atoms with E-state index in [0.717, 1.165) is 22.6 Å². The summed E-state index contributed by atoms with van der Waals surface area (Å²) in [5.41, 5.74) is -3.59. The molecule has 108 valence electrons. The van der Waals surface area contributed by atoms with Crippen LogP contribution in [0.1, 0.15) is 17.7 Å². The first-order valence-electron chi connectivity index (χ1n) is 4.23. The van der Waals surface area contributed by atoms with E-state index in [2.05, 4.69) is 9.72 Å². The number of halogens is 9. The minimum atomic E-state index is -5.22. The van der Waals surface area contributed by atoms with Crippen molar-refractivity contribution in [1.29, 1.82) is 0 Å². The molecule has 1 aromatic heterocycles. The Morgan fingerprint density at radius 2 is 1.63 bits per heavy atom. The van der Waals surface area contributed by atoms with Gasteiger partial charge < -0.3 is 4.74 Å². The zero-order chi connectivity index (χ0) is 15.0. The molecule has 1 rings (SSSR count). The minimum absolute atomic E-state index is 0.101. The van der Waals surface area contributed by atoms with E-state index in [9.17, 15) is 35.1 Å². The molecule has 11 heteroatoms. The maximum atomic E-state index is 12.5. The normalized spacial score (nSPS) is 12.9. The molecule has 1 heterocycles. The lowest BCUT2D eigenvalue weighted by molar-refractivity contribution is -0.275. The lowest BCUT2D eigenvalue weighted by Gasteiger charge is -2.16. The van der Waals surface area contributed by atoms with Crippen LogP contribution in [0.4, 0.5) is 35.1 Å². The molecule has 0 radical (unpaired) electrons. The summed E-state index contributed by atoms with van der Waals surface area (Å²) >= 11 is 0.917. The van der Waals surface area contributed by atoms with Crippen LogP contribution in [0.15, 0.2) is 6.20 Å². The maximum Gasteiger partial charge on any atom is 0.573 e. The molecule has 0 unspecified atom stereocenters. The highest BCUT2D eigenvalue weighted by Gasteiger charge is 2.41. The van der Waals surface area contributed by atoms with E-state index in [4.69, 9.17) is 0 Å². The van der Waals surface area contributed by atoms with Crippen LogP contribution in [0.3, 0.4) is 0 Å². The van der Waals surface area contributed by atoms with Crippen LogP contribution in [0.25, 0.3) is 0 Å². The Balaban J connectivity index is 3.40. The van der Waals surface area contributed by atoms with Crippen LogP contribution < -0.4 is 4.74 Å². The third-order valence-corrected chi connectivity index (χ3v) is 2.84. The largest absolute Gasteiger partial charge is 0.573 e. The Labute approximate surface area is 113 Å². The minimum Gasteiger partial charge on any atom is -0.403 e. The van der Waals surface area contributed by atoms with Crippen molar-refractivity contribution >= 4 is 22.6 Å². The summed E-state index contributed by atoms with van der Waals surface area (Å²) in [7, 11) is 0. The predicted molar refractivity (Wildman–Crippen MR) is 53.6 cm³/mol. The van der Waals surface area contributed by atoms with Gasteiger partial charge in [-0.15, -0.1) is 13.2 Å². The number of ether oxygens (including phenoxy) is 1. The second-order valence-electron chi connectivity index (χ2n) is 3.04. The van der Waals surface area contributed by atoms with Crippen molar-refractivity contribution in [2.45, 2.75) is 19.0 Å². The molecular formula is C8H2F8INO. The van der Waals surface area contributed by atoms with E-state index in [1.807, 2.05) is 0 Å². The fraction of sp³-hybridized carbons (Fsp3) is 0.375. The topological polar surface area (TPSA) is 22.1 Å². The van der Waals surface area contributed by atoms with Gasteiger partial charge in [-0.2, -0.15) is 13.2 Å². The summed E-state index contributed by atoms with van der Waals surface area (Å²) in [4.78, 5) is 2.58. The summed E-state index contributed by atoms with van der Waals surface area (Å²) in [5, 5.41) is 0. The predicted octanol–water partition coefficient (Wildman–Crippen LogP) is 4.54. The maximum absolute atomic E-state index is 12.5. The highest BCUT2D eigenvalue weighted by molar-refractivity contribution is 14.1. The summed E-state index contributed by atoms with van der Waals surface area (Å²) in [6.45, 7) is 0. The number of alkyl halides is 8. The van der Waals surface area contributed by atoms with Gasteiger partial charge in [0, 0.05) is 0 Å². The van der Waals surface area contributed by atoms with E-state index >= 15 is 0 Å². The van der Waals surface area contributed by atoms with Crippen molar-refractivity contribution in [2.75, 3.05) is 0 Å². The summed E-state index contributed by atoms with van der Waals surface area (Å²) < 4.78 is 100. The molecule has 0 fully saturated rings. The first-order chi connectivity index (χ1) is 8.43. The summed E-state index contributed by atoms with van der Waals surface area (Å²) in [6, 6.07) is 0. The Kier molecular flexibility index (Phi) is 4.47. The zero-order valence-corrected chi connectivity index (χ0v) is 10.6. The molecule has 0 bridgehead atoms. The quantitative estimate of drug-likeness (QED) is 0.531. The van der Waals surface area contributed by atoms with Gasteiger partial charge in [-0.25, -0.2) is 13.8 Å². The number of nitrogens with zero attached hydrogens (tertiary/aromatic N) is 1. The highest BCUT2D eigenvalue weighted by atomic mass is 127. The van der Waals surface area contributed by atoms with Gasteiger partial charge in [-0.3, -0.25) is 0 Å². The molecule has 19 heavy (non-hydrogen) atoms. The Hall–Kier alpha value is -0.880. The number of pyridine rings is 1. The lowest BCUT2D eigenvalue weighted by Crippen LogP contribution is -2.20. The standard InChI is InChI=1S/C8H2F8INO/c9-6(10)3-4(17)2(19-8(14,15)16)1-18-5(3)7(11,12)13/h1,6H. The Morgan fingerprint density at radius 1 is 1.11 bits per heavy atom. The third kappa shape index (κ3) is 4.04. The van der Waals surface area contributed by atoms with Crippen LogP contribution >= 0.6 is 22.6 Å². The van der Waals surface area contributed by atoms with Crippen molar-refractivity contribution in [1.82, 2.24) is 4.98 Å². The zero-order valence-electron chi connectivity index (χ0n) is 8.41. The first kappa shape index (κ1) is 16.2. The molecule has 0 spiro atoms. The average molecular weight is 407 g/mol. The van der Waals surface area contributed by atoms with Crippen molar-refractivity contribution in [3.05, 3.63) is 21.0 Å². The molecule has 1 aromatic rings. The lowest BCUT2D eigenvalue weighted by atomic mass is 10.2. The molecule has 0 aliphatic heterocycles. The van der Waals surface area contributed by atoms with Gasteiger partial charge in [0.15, 0.2) is 11.4 Å². The molecular weight excluding hydrogens is 405 g/mol. The molecule has 0 N–H and O–H groups in total. The SMILES string of the molecule is FC(F)c1c(C(F)(F)F)ncc(OC(F)(F)F)c1I. The van der Waals surface area contributed by atoms with Crippen LogP contribution in [0.2, 0.25) is 0 Å². The molecule has 0 aliphatic rings. The summed E-state index contributed by atoms with van der Waals surface area (Å²) in [5.74, 6) is -1.21. The second-order valence-corrected chi connectivity index (χ2v) is 4.12. The Morgan fingerprint density at radius 3 is 2.00 bits per heavy atom. The van der Waals surface area contributed by atoms with Gasteiger partial charge in [-0.1, -0.05) is 0 Å². The Bertz CT molecular complexity index is 469. The number of hydrogen-bond acceptors (Lipinski definition) is 2. The third-order valence-electron chi connectivity index (χ3n) is 1.73. The second kappa shape index (κ2) is 5.25. The van der Waals surface area contributed by atoms with Gasteiger partial charge in [0.05, 0.1) is 15.3 Å². The average Bonchev–Trinajstić information content (AvgIpc) is 2.16. The number of hydrogen-bond donors (Lipinski definition) is 0. The molecule has 0 atom stereocenters. The van der Waals surface area contributed by atoms with Gasteiger partial charge >= 0.3 is 12.5 Å². The van der Waals surface area contributed by atoms with E-state index in [1.165, 1.54) is 0 Å². The molecule has 0 aromatic carbocycles. The highest BCUT2D eigenvalue weighted by Crippen LogP contribution is 2.41. The molecule has 0 saturated carbocycles. The van der Waals surface area contributed by atoms with Crippen molar-refractivity contribution < 1.29 is 39.9 Å². The van der Waals surface area contributed by atoms with Gasteiger partial charge in [0.1, 0.15) is 0 Å². The van der Waals surface area contributed by atoms with Crippen LogP contribution in [0, 0.1) is 3.57 Å². The fourth-order valence-electron chi connectivity index (χ4n) is 1.11. The van der Waals surface area contributed by atoms with Crippen LogP contribution in [0.5, 0.6) is 5.75 Å². The van der Waals surface area contributed by atoms with Crippen LogP contribution in [-0.4, -0.2) is 11.3 Å². The number of aromatic nitrogens is 1. The van der Waals surface area contributed by atoms with E-state index in [0.29, 0.717) is 0 Å². The van der Waals surface area contributed by atoms with Gasteiger partial charge in [-0.05, 0) is 22.6 Å². The molecule has 0 amide bonds. The molecule has 0 saturated heterocycles. The fourth-order valence-corrected chi connectivity index (χ4v) is 1.85. The van der Waals surface area contributed by atoms with E-state index < -0.39 is 39.5 Å². The van der Waals surface area contributed by atoms with Crippen molar-refractivity contribution in [3.8, 4) is 5.75 Å². The smallest absolute Gasteiger partial charge is 0.403 e. The van der Waals surface area contributed by atoms with Crippen molar-refractivity contribution in [3.63, 3.8) is 0 Å². The number of rotatable bonds is 2. The molecule has 0 aliphatic carbocycles. The van der Waals surface area contributed by atoms with Crippen LogP contribution in [-0.2, 0) is 6.18 Å². The molecule has 2 nitrogen and oxygen atoms in total. The van der Waals surface area contributed by atoms with Gasteiger partial charge in [0.2, 0.25) is 0 Å². The first-order valence-corrected chi connectivity index (χ1v) is 5.31. The summed E-state index contributed by atoms with van der Waals surface area (Å²) in [6.07, 6.45) is -14.0. The van der Waals surface area contributed by atoms with E-state index in [-0.39, 0.29) is 6.20 Å². The monoisotopic (exact) mass is 407 g/mol.